The Morgan fingerprint density at radius 1 is 0.913 bits per heavy atom. The van der Waals surface area contributed by atoms with Crippen molar-refractivity contribution < 1.29 is 19.4 Å². The molecule has 2 heterocycles. The first-order valence-corrected chi connectivity index (χ1v) is 20.0. The van der Waals surface area contributed by atoms with Crippen molar-refractivity contribution in [2.45, 2.75) is 95.6 Å². The van der Waals surface area contributed by atoms with Gasteiger partial charge in [-0.15, -0.1) is 0 Å². The van der Waals surface area contributed by atoms with Gasteiger partial charge in [0, 0.05) is 11.5 Å². The van der Waals surface area contributed by atoms with Crippen LogP contribution in [0.2, 0.25) is 20.1 Å². The average Bonchev–Trinajstić information content (AvgIpc) is 3.51. The molecule has 1 atom stereocenters. The van der Waals surface area contributed by atoms with Gasteiger partial charge in [0.25, 0.3) is 5.91 Å². The number of carbonyl (C=O) groups is 2. The Hall–Kier alpha value is -1.77. The van der Waals surface area contributed by atoms with Crippen LogP contribution < -0.4 is 8.38 Å². The molecule has 248 valence electrons. The number of hydrogen-bond acceptors (Lipinski definition) is 6. The molecule has 1 unspecified atom stereocenters. The number of amides is 2. The molecule has 2 aromatic rings. The van der Waals surface area contributed by atoms with Crippen LogP contribution in [0, 0.1) is 0 Å². The zero-order chi connectivity index (χ0) is 34.8. The Kier molecular flexibility index (Phi) is 12.8. The van der Waals surface area contributed by atoms with Gasteiger partial charge in [0.15, 0.2) is 0 Å². The van der Waals surface area contributed by atoms with E-state index in [1.54, 1.807) is 0 Å². The van der Waals surface area contributed by atoms with E-state index in [4.69, 9.17) is 61.1 Å². The third kappa shape index (κ3) is 10.4. The molecule has 0 bridgehead atoms. The Morgan fingerprint density at radius 2 is 1.41 bits per heavy atom. The van der Waals surface area contributed by atoms with Crippen LogP contribution in [0.15, 0.2) is 33.2 Å². The third-order valence-electron chi connectivity index (χ3n) is 6.31. The number of nitrogens with zero attached hydrogens (tertiary/aromatic N) is 4. The molecule has 2 aromatic carbocycles. The molecular weight excluding hydrogens is 867 g/mol. The van der Waals surface area contributed by atoms with Gasteiger partial charge in [0.05, 0.1) is 25.7 Å². The monoisotopic (exact) mass is 904 g/mol. The molecule has 0 aromatic heterocycles. The molecule has 1 saturated heterocycles. The summed E-state index contributed by atoms with van der Waals surface area (Å²) in [5.41, 5.74) is 1.44. The Labute approximate surface area is 303 Å². The number of benzene rings is 2. The number of ether oxygens (including phenoxy) is 1. The summed E-state index contributed by atoms with van der Waals surface area (Å²) in [7, 11) is 0. The summed E-state index contributed by atoms with van der Waals surface area (Å²) in [5, 5.41) is 11.0. The van der Waals surface area contributed by atoms with E-state index in [1.807, 2.05) is 38.1 Å². The van der Waals surface area contributed by atoms with E-state index in [9.17, 15) is 14.7 Å². The van der Waals surface area contributed by atoms with Crippen LogP contribution in [0.4, 0.5) is 4.79 Å². The molecule has 13 heteroatoms. The predicted octanol–water partition coefficient (Wildman–Crippen LogP) is 7.37. The molecule has 2 radical (unpaired) electrons. The molecule has 2 aliphatic heterocycles. The quantitative estimate of drug-likeness (QED) is 0.138. The molecule has 0 spiro atoms. The molecule has 2 amide bonds. The summed E-state index contributed by atoms with van der Waals surface area (Å²) in [4.78, 5) is 38.8. The van der Waals surface area contributed by atoms with Crippen molar-refractivity contribution in [3.05, 3.63) is 60.5 Å². The van der Waals surface area contributed by atoms with E-state index in [0.717, 1.165) is 19.4 Å². The summed E-state index contributed by atoms with van der Waals surface area (Å²) in [6, 6.07) is 6.38. The predicted molar refractivity (Wildman–Crippen MR) is 190 cm³/mol. The van der Waals surface area contributed by atoms with Crippen LogP contribution in [-0.2, 0) is 4.74 Å². The first-order valence-electron chi connectivity index (χ1n) is 14.7. The molecule has 4 rings (SSSR count). The maximum Gasteiger partial charge on any atom is 0.278 e. The Morgan fingerprint density at radius 3 is 1.89 bits per heavy atom. The van der Waals surface area contributed by atoms with Crippen molar-refractivity contribution in [3.8, 4) is 0 Å². The minimum Gasteiger partial charge on any atom is -0.858 e. The number of likely N-dealkylation sites (tertiary alicyclic amines) is 1. The minimum absolute atomic E-state index is 0.0552. The van der Waals surface area contributed by atoms with Gasteiger partial charge in [0.1, 0.15) is 0 Å². The third-order valence-corrected chi connectivity index (χ3v) is 14.4. The van der Waals surface area contributed by atoms with Gasteiger partial charge < -0.3 is 5.11 Å². The fourth-order valence-corrected chi connectivity index (χ4v) is 11.2. The second-order valence-corrected chi connectivity index (χ2v) is 20.4. The number of fused-ring (bicyclic) bond motifs is 1. The molecule has 8 nitrogen and oxygen atoms in total. The normalized spacial score (nSPS) is 17.0. The second-order valence-electron chi connectivity index (χ2n) is 13.8. The zero-order valence-electron chi connectivity index (χ0n) is 27.5. The van der Waals surface area contributed by atoms with Gasteiger partial charge >= 0.3 is 201 Å². The second kappa shape index (κ2) is 15.2. The van der Waals surface area contributed by atoms with E-state index in [0.29, 0.717) is 3.75 Å². The Balaban J connectivity index is 0.000000318. The fourth-order valence-electron chi connectivity index (χ4n) is 4.27. The zero-order valence-corrected chi connectivity index (χ0v) is 34.0. The summed E-state index contributed by atoms with van der Waals surface area (Å²) in [6.07, 6.45) is 5.94. The van der Waals surface area contributed by atoms with Gasteiger partial charge in [-0.25, -0.2) is 4.99 Å². The summed E-state index contributed by atoms with van der Waals surface area (Å²) >= 11 is 21.7. The topological polar surface area (TPSA) is 107 Å². The molecule has 0 N–H and O–H groups in total. The SMILES string of the molecule is CC(C)(C)N=Cc1cccc(C=NC(C)(C)C)[c]1[Bi+][CH]1CCCN1C(=O)OC(C)(C)C.O=C1N=C([O-])c2c(Cl)c(Cl)c(Cl)c(Cl)c21. The number of halogens is 4. The van der Waals surface area contributed by atoms with Crippen LogP contribution in [0.3, 0.4) is 0 Å². The maximum atomic E-state index is 12.8. The minimum atomic E-state index is -1.30. The Bertz CT molecular complexity index is 1550. The standard InChI is InChI=1S/C16H23N2.C9H16NO2.C8HCl4NO2.Bi/c1-15(2,3)17-11-13-8-7-9-14(10-13)12-18-16(4,5)6;1-9(2,3)12-8(11)10-6-4-5-7-10;9-3-1-2(8(15)13-7(1)14)4(10)6(12)5(3)11;/h7-9,11-12H,1-6H3;6H,4-5,7H2,1-3H3;(H,13,14,15);/q;;;+1/p-1. The van der Waals surface area contributed by atoms with E-state index in [2.05, 4.69) is 64.7 Å². The van der Waals surface area contributed by atoms with E-state index < -0.39 is 40.6 Å². The van der Waals surface area contributed by atoms with E-state index >= 15 is 0 Å². The number of rotatable bonds is 4. The van der Waals surface area contributed by atoms with E-state index in [-0.39, 0.29) is 48.4 Å². The molecule has 0 aliphatic carbocycles. The number of hydrogen-bond donors (Lipinski definition) is 0. The summed E-state index contributed by atoms with van der Waals surface area (Å²) < 4.78 is 7.35. The van der Waals surface area contributed by atoms with Crippen LogP contribution in [0.5, 0.6) is 0 Å². The number of aliphatic imine (C=N–C) groups is 3. The fraction of sp³-hybridized carbons (Fsp3) is 0.485. The molecule has 46 heavy (non-hydrogen) atoms. The smallest absolute Gasteiger partial charge is 0.278 e. The van der Waals surface area contributed by atoms with Crippen LogP contribution in [-0.4, -0.2) is 85.4 Å². The largest absolute Gasteiger partial charge is 0.858 e. The average molecular weight is 906 g/mol. The van der Waals surface area contributed by atoms with Crippen molar-refractivity contribution in [1.29, 1.82) is 0 Å². The molecule has 2 aliphatic rings. The van der Waals surface area contributed by atoms with E-state index in [1.165, 1.54) is 14.4 Å². The van der Waals surface area contributed by atoms with Gasteiger partial charge in [-0.1, -0.05) is 46.4 Å². The van der Waals surface area contributed by atoms with Crippen molar-refractivity contribution >= 4 is 103 Å². The van der Waals surface area contributed by atoms with Crippen molar-refractivity contribution in [2.24, 2.45) is 15.0 Å². The summed E-state index contributed by atoms with van der Waals surface area (Å²) in [6.45, 7) is 19.2. The first-order chi connectivity index (χ1) is 21.1. The summed E-state index contributed by atoms with van der Waals surface area (Å²) in [5.74, 6) is -1.50. The molecule has 0 saturated carbocycles. The van der Waals surface area contributed by atoms with Crippen molar-refractivity contribution in [1.82, 2.24) is 4.90 Å². The van der Waals surface area contributed by atoms with Crippen molar-refractivity contribution in [3.63, 3.8) is 0 Å². The molecular formula is C33H39BiCl4N4O4. The van der Waals surface area contributed by atoms with Gasteiger partial charge in [-0.05, 0) is 0 Å². The van der Waals surface area contributed by atoms with Crippen LogP contribution in [0.1, 0.15) is 102 Å². The van der Waals surface area contributed by atoms with Crippen LogP contribution in [0.25, 0.3) is 0 Å². The number of carbonyl (C=O) groups excluding carboxylic acids is 2. The van der Waals surface area contributed by atoms with Crippen LogP contribution >= 0.6 is 46.4 Å². The first kappa shape index (κ1) is 38.7. The van der Waals surface area contributed by atoms with Gasteiger partial charge in [-0.2, -0.15) is 0 Å². The maximum absolute atomic E-state index is 12.8. The molecule has 1 fully saturated rings. The van der Waals surface area contributed by atoms with Gasteiger partial charge in [-0.3, -0.25) is 4.79 Å². The van der Waals surface area contributed by atoms with Gasteiger partial charge in [0.2, 0.25) is 0 Å². The van der Waals surface area contributed by atoms with Crippen molar-refractivity contribution in [2.75, 3.05) is 6.54 Å².